The molecule has 2 N–H and O–H groups in total. The highest BCUT2D eigenvalue weighted by Crippen LogP contribution is 2.28. The van der Waals surface area contributed by atoms with Crippen molar-refractivity contribution in [1.82, 2.24) is 5.43 Å². The van der Waals surface area contributed by atoms with Crippen LogP contribution in [-0.2, 0) is 9.59 Å². The Morgan fingerprint density at radius 2 is 2.11 bits per heavy atom. The van der Waals surface area contributed by atoms with Crippen LogP contribution in [0.5, 0.6) is 11.5 Å². The van der Waals surface area contributed by atoms with Crippen LogP contribution >= 0.6 is 0 Å². The third-order valence-corrected chi connectivity index (χ3v) is 3.73. The SMILES string of the molecule is C/C(=N/NC(=O)COc1ccc(C#N)cc1)c1ccc2c(c1)NC(=O)CO2. The molecule has 1 aliphatic rings. The van der Waals surface area contributed by atoms with Crippen molar-refractivity contribution >= 4 is 23.2 Å². The van der Waals surface area contributed by atoms with Crippen molar-refractivity contribution < 1.29 is 19.1 Å². The number of nitrogens with zero attached hydrogens (tertiary/aromatic N) is 2. The first-order valence-corrected chi connectivity index (χ1v) is 8.08. The summed E-state index contributed by atoms with van der Waals surface area (Å²) >= 11 is 0. The summed E-state index contributed by atoms with van der Waals surface area (Å²) in [5.74, 6) is 0.428. The standard InChI is InChI=1S/C19H16N4O4/c1-12(14-4-7-17-16(8-14)21-18(24)10-27-17)22-23-19(25)11-26-15-5-2-13(9-20)3-6-15/h2-8H,10-11H2,1H3,(H,21,24)(H,23,25)/b22-12-. The molecule has 0 radical (unpaired) electrons. The summed E-state index contributed by atoms with van der Waals surface area (Å²) in [6.07, 6.45) is 0. The number of hydrogen-bond acceptors (Lipinski definition) is 6. The van der Waals surface area contributed by atoms with Crippen molar-refractivity contribution in [2.24, 2.45) is 5.10 Å². The summed E-state index contributed by atoms with van der Waals surface area (Å²) in [6, 6.07) is 13.7. The number of hydrazone groups is 1. The van der Waals surface area contributed by atoms with Crippen LogP contribution in [0.25, 0.3) is 0 Å². The van der Waals surface area contributed by atoms with Gasteiger partial charge in [-0.25, -0.2) is 5.43 Å². The number of anilines is 1. The Morgan fingerprint density at radius 1 is 1.33 bits per heavy atom. The molecule has 3 rings (SSSR count). The molecule has 0 atom stereocenters. The minimum absolute atomic E-state index is 0.00524. The van der Waals surface area contributed by atoms with Crippen LogP contribution in [0.15, 0.2) is 47.6 Å². The van der Waals surface area contributed by atoms with Gasteiger partial charge in [0.15, 0.2) is 13.2 Å². The number of nitrogens with one attached hydrogen (secondary N) is 2. The normalized spacial score (nSPS) is 12.9. The van der Waals surface area contributed by atoms with Gasteiger partial charge in [0.1, 0.15) is 11.5 Å². The Kier molecular flexibility index (Phi) is 5.33. The average molecular weight is 364 g/mol. The number of carbonyl (C=O) groups excluding carboxylic acids is 2. The van der Waals surface area contributed by atoms with Gasteiger partial charge in [0.05, 0.1) is 23.0 Å². The number of ether oxygens (including phenoxy) is 2. The lowest BCUT2D eigenvalue weighted by atomic mass is 10.1. The lowest BCUT2D eigenvalue weighted by Gasteiger charge is -2.18. The minimum Gasteiger partial charge on any atom is -0.484 e. The number of amides is 2. The molecule has 0 saturated heterocycles. The Labute approximate surface area is 155 Å². The zero-order valence-corrected chi connectivity index (χ0v) is 14.5. The molecular weight excluding hydrogens is 348 g/mol. The summed E-state index contributed by atoms with van der Waals surface area (Å²) in [6.45, 7) is 1.51. The monoisotopic (exact) mass is 364 g/mol. The van der Waals surface area contributed by atoms with Gasteiger partial charge in [-0.3, -0.25) is 9.59 Å². The first-order valence-electron chi connectivity index (χ1n) is 8.08. The molecule has 1 aliphatic heterocycles. The summed E-state index contributed by atoms with van der Waals surface area (Å²) in [5.41, 5.74) is 4.78. The van der Waals surface area contributed by atoms with Crippen LogP contribution in [-0.4, -0.2) is 30.7 Å². The van der Waals surface area contributed by atoms with E-state index in [1.165, 1.54) is 0 Å². The molecule has 0 fully saturated rings. The second kappa shape index (κ2) is 8.01. The van der Waals surface area contributed by atoms with E-state index in [0.717, 1.165) is 5.56 Å². The fourth-order valence-corrected chi connectivity index (χ4v) is 2.33. The third-order valence-electron chi connectivity index (χ3n) is 3.73. The van der Waals surface area contributed by atoms with Gasteiger partial charge in [0.2, 0.25) is 0 Å². The van der Waals surface area contributed by atoms with E-state index in [1.54, 1.807) is 49.4 Å². The number of rotatable bonds is 5. The second-order valence-corrected chi connectivity index (χ2v) is 5.70. The number of nitriles is 1. The van der Waals surface area contributed by atoms with Crippen LogP contribution < -0.4 is 20.2 Å². The molecule has 0 aliphatic carbocycles. The third kappa shape index (κ3) is 4.61. The zero-order valence-electron chi connectivity index (χ0n) is 14.5. The van der Waals surface area contributed by atoms with E-state index in [-0.39, 0.29) is 19.1 Å². The Hall–Kier alpha value is -3.86. The lowest BCUT2D eigenvalue weighted by molar-refractivity contribution is -0.123. The minimum atomic E-state index is -0.423. The van der Waals surface area contributed by atoms with Gasteiger partial charge in [-0.15, -0.1) is 0 Å². The van der Waals surface area contributed by atoms with E-state index >= 15 is 0 Å². The van der Waals surface area contributed by atoms with Crippen molar-refractivity contribution in [1.29, 1.82) is 5.26 Å². The van der Waals surface area contributed by atoms with Crippen LogP contribution in [0, 0.1) is 11.3 Å². The quantitative estimate of drug-likeness (QED) is 0.620. The van der Waals surface area contributed by atoms with Gasteiger partial charge in [-0.05, 0) is 55.0 Å². The van der Waals surface area contributed by atoms with Crippen LogP contribution in [0.1, 0.15) is 18.1 Å². The topological polar surface area (TPSA) is 113 Å². The Bertz CT molecular complexity index is 945. The van der Waals surface area contributed by atoms with Crippen molar-refractivity contribution in [3.8, 4) is 17.6 Å². The number of carbonyl (C=O) groups is 2. The molecule has 0 aromatic heterocycles. The van der Waals surface area contributed by atoms with Gasteiger partial charge in [0, 0.05) is 0 Å². The number of fused-ring (bicyclic) bond motifs is 1. The van der Waals surface area contributed by atoms with Gasteiger partial charge < -0.3 is 14.8 Å². The van der Waals surface area contributed by atoms with E-state index in [1.807, 2.05) is 6.07 Å². The maximum Gasteiger partial charge on any atom is 0.277 e. The molecule has 136 valence electrons. The molecule has 2 amide bonds. The molecule has 0 spiro atoms. The highest BCUT2D eigenvalue weighted by atomic mass is 16.5. The van der Waals surface area contributed by atoms with E-state index in [0.29, 0.717) is 28.5 Å². The van der Waals surface area contributed by atoms with Crippen molar-refractivity contribution in [2.75, 3.05) is 18.5 Å². The second-order valence-electron chi connectivity index (χ2n) is 5.70. The van der Waals surface area contributed by atoms with Crippen molar-refractivity contribution in [2.45, 2.75) is 6.92 Å². The maximum atomic E-state index is 11.9. The van der Waals surface area contributed by atoms with Crippen LogP contribution in [0.3, 0.4) is 0 Å². The lowest BCUT2D eigenvalue weighted by Crippen LogP contribution is -2.26. The predicted octanol–water partition coefficient (Wildman–Crippen LogP) is 1.81. The highest BCUT2D eigenvalue weighted by Gasteiger charge is 2.16. The van der Waals surface area contributed by atoms with Crippen molar-refractivity contribution in [3.05, 3.63) is 53.6 Å². The van der Waals surface area contributed by atoms with Gasteiger partial charge in [0.25, 0.3) is 11.8 Å². The number of hydrogen-bond donors (Lipinski definition) is 2. The van der Waals surface area contributed by atoms with Gasteiger partial charge >= 0.3 is 0 Å². The first kappa shape index (κ1) is 17.9. The molecule has 2 aromatic rings. The fourth-order valence-electron chi connectivity index (χ4n) is 2.33. The summed E-state index contributed by atoms with van der Waals surface area (Å²) in [7, 11) is 0. The fraction of sp³-hybridized carbons (Fsp3) is 0.158. The smallest absolute Gasteiger partial charge is 0.277 e. The molecular formula is C19H16N4O4. The molecule has 8 heteroatoms. The van der Waals surface area contributed by atoms with Gasteiger partial charge in [-0.2, -0.15) is 10.4 Å². The largest absolute Gasteiger partial charge is 0.484 e. The molecule has 2 aromatic carbocycles. The summed E-state index contributed by atoms with van der Waals surface area (Å²) < 4.78 is 10.6. The highest BCUT2D eigenvalue weighted by molar-refractivity contribution is 6.02. The van der Waals surface area contributed by atoms with E-state index in [2.05, 4.69) is 15.8 Å². The van der Waals surface area contributed by atoms with E-state index < -0.39 is 5.91 Å². The van der Waals surface area contributed by atoms with E-state index in [9.17, 15) is 9.59 Å². The summed E-state index contributed by atoms with van der Waals surface area (Å²) in [5, 5.41) is 15.5. The molecule has 0 bridgehead atoms. The van der Waals surface area contributed by atoms with Crippen molar-refractivity contribution in [3.63, 3.8) is 0 Å². The first-order chi connectivity index (χ1) is 13.0. The molecule has 0 unspecified atom stereocenters. The summed E-state index contributed by atoms with van der Waals surface area (Å²) in [4.78, 5) is 23.3. The van der Waals surface area contributed by atoms with Crippen LogP contribution in [0.2, 0.25) is 0 Å². The predicted molar refractivity (Wildman–Crippen MR) is 97.6 cm³/mol. The maximum absolute atomic E-state index is 11.9. The zero-order chi connectivity index (χ0) is 19.2. The van der Waals surface area contributed by atoms with E-state index in [4.69, 9.17) is 14.7 Å². The Balaban J connectivity index is 1.56. The molecule has 1 heterocycles. The number of benzene rings is 2. The average Bonchev–Trinajstić information content (AvgIpc) is 2.70. The van der Waals surface area contributed by atoms with Crippen LogP contribution in [0.4, 0.5) is 5.69 Å². The molecule has 27 heavy (non-hydrogen) atoms. The molecule has 8 nitrogen and oxygen atoms in total. The molecule has 0 saturated carbocycles. The Morgan fingerprint density at radius 3 is 2.85 bits per heavy atom. The van der Waals surface area contributed by atoms with Gasteiger partial charge in [-0.1, -0.05) is 0 Å².